The Balaban J connectivity index is 0.00000225. The van der Waals surface area contributed by atoms with Gasteiger partial charge in [-0.1, -0.05) is 60.7 Å². The molecule has 134 valence electrons. The third-order valence-electron chi connectivity index (χ3n) is 5.11. The maximum atomic E-state index is 11.1. The Labute approximate surface area is 156 Å². The zero-order valence-electron chi connectivity index (χ0n) is 14.6. The number of nitrogens with two attached hydrogens (primary N) is 1. The van der Waals surface area contributed by atoms with Gasteiger partial charge >= 0.3 is 0 Å². The van der Waals surface area contributed by atoms with Crippen LogP contribution >= 0.6 is 12.4 Å². The summed E-state index contributed by atoms with van der Waals surface area (Å²) in [5, 5.41) is 0. The lowest BCUT2D eigenvalue weighted by Gasteiger charge is -2.48. The fraction of sp³-hybridized carbons (Fsp3) is 0.381. The smallest absolute Gasteiger partial charge is 0.217 e. The van der Waals surface area contributed by atoms with E-state index in [4.69, 9.17) is 5.73 Å². The average Bonchev–Trinajstić information content (AvgIpc) is 2.63. The second kappa shape index (κ2) is 9.02. The number of benzene rings is 2. The molecule has 2 aromatic carbocycles. The molecule has 0 radical (unpaired) electrons. The summed E-state index contributed by atoms with van der Waals surface area (Å²) < 4.78 is 0. The summed E-state index contributed by atoms with van der Waals surface area (Å²) in [6.45, 7) is 1.95. The summed E-state index contributed by atoms with van der Waals surface area (Å²) in [4.78, 5) is 13.7. The van der Waals surface area contributed by atoms with Crippen LogP contribution in [-0.2, 0) is 10.3 Å². The van der Waals surface area contributed by atoms with E-state index in [0.717, 1.165) is 25.9 Å². The quantitative estimate of drug-likeness (QED) is 0.844. The van der Waals surface area contributed by atoms with Crippen LogP contribution in [0.1, 0.15) is 43.2 Å². The predicted octanol–water partition coefficient (Wildman–Crippen LogP) is 4.10. The molecule has 0 spiro atoms. The third kappa shape index (κ3) is 4.23. The molecule has 0 unspecified atom stereocenters. The van der Waals surface area contributed by atoms with Gasteiger partial charge in [-0.05, 0) is 49.9 Å². The molecule has 1 aliphatic rings. The van der Waals surface area contributed by atoms with E-state index in [-0.39, 0.29) is 23.9 Å². The van der Waals surface area contributed by atoms with Gasteiger partial charge in [0.2, 0.25) is 5.91 Å². The molecule has 1 aliphatic heterocycles. The van der Waals surface area contributed by atoms with Gasteiger partial charge < -0.3 is 5.73 Å². The molecule has 0 saturated carbocycles. The van der Waals surface area contributed by atoms with Crippen molar-refractivity contribution >= 4 is 18.3 Å². The van der Waals surface area contributed by atoms with Crippen molar-refractivity contribution < 1.29 is 4.79 Å². The largest absolute Gasteiger partial charge is 0.370 e. The highest BCUT2D eigenvalue weighted by Gasteiger charge is 2.41. The lowest BCUT2D eigenvalue weighted by atomic mass is 9.75. The number of halogens is 1. The number of amides is 1. The maximum absolute atomic E-state index is 11.1. The summed E-state index contributed by atoms with van der Waals surface area (Å²) in [6, 6.07) is 21.6. The molecule has 1 heterocycles. The topological polar surface area (TPSA) is 46.3 Å². The van der Waals surface area contributed by atoms with Gasteiger partial charge in [-0.3, -0.25) is 9.69 Å². The second-order valence-electron chi connectivity index (χ2n) is 6.61. The van der Waals surface area contributed by atoms with E-state index in [0.29, 0.717) is 6.42 Å². The standard InChI is InChI=1S/C21H26N2O.ClH/c22-20(24)14-9-17-23-16-8-7-15-21(23,18-10-3-1-4-11-18)19-12-5-2-6-13-19;/h1-6,10-13H,7-9,14-17H2,(H2,22,24);1H. The Bertz CT molecular complexity index is 621. The monoisotopic (exact) mass is 358 g/mol. The molecular formula is C21H27ClN2O. The van der Waals surface area contributed by atoms with Gasteiger partial charge in [0.1, 0.15) is 0 Å². The molecule has 0 bridgehead atoms. The average molecular weight is 359 g/mol. The van der Waals surface area contributed by atoms with Crippen LogP contribution in [-0.4, -0.2) is 23.9 Å². The van der Waals surface area contributed by atoms with E-state index in [1.165, 1.54) is 24.0 Å². The maximum Gasteiger partial charge on any atom is 0.217 e. The van der Waals surface area contributed by atoms with Crippen LogP contribution in [0.3, 0.4) is 0 Å². The highest BCUT2D eigenvalue weighted by molar-refractivity contribution is 5.85. The van der Waals surface area contributed by atoms with E-state index >= 15 is 0 Å². The molecule has 1 fully saturated rings. The minimum absolute atomic E-state index is 0. The van der Waals surface area contributed by atoms with Crippen molar-refractivity contribution in [2.75, 3.05) is 13.1 Å². The van der Waals surface area contributed by atoms with E-state index < -0.39 is 0 Å². The fourth-order valence-electron chi connectivity index (χ4n) is 4.03. The Morgan fingerprint density at radius 2 is 1.52 bits per heavy atom. The second-order valence-corrected chi connectivity index (χ2v) is 6.61. The minimum atomic E-state index is -0.211. The molecule has 2 aromatic rings. The number of hydrogen-bond donors (Lipinski definition) is 1. The molecule has 0 aliphatic carbocycles. The lowest BCUT2D eigenvalue weighted by molar-refractivity contribution is -0.118. The number of hydrogen-bond acceptors (Lipinski definition) is 2. The first-order valence-electron chi connectivity index (χ1n) is 8.88. The van der Waals surface area contributed by atoms with Crippen molar-refractivity contribution in [1.29, 1.82) is 0 Å². The minimum Gasteiger partial charge on any atom is -0.370 e. The molecule has 4 heteroatoms. The molecular weight excluding hydrogens is 332 g/mol. The van der Waals surface area contributed by atoms with Crippen LogP contribution in [0.4, 0.5) is 0 Å². The number of likely N-dealkylation sites (tertiary alicyclic amines) is 1. The Morgan fingerprint density at radius 3 is 2.04 bits per heavy atom. The van der Waals surface area contributed by atoms with Crippen LogP contribution in [0, 0.1) is 0 Å². The van der Waals surface area contributed by atoms with Crippen LogP contribution in [0.25, 0.3) is 0 Å². The van der Waals surface area contributed by atoms with Crippen molar-refractivity contribution in [3.05, 3.63) is 71.8 Å². The number of carbonyl (C=O) groups excluding carboxylic acids is 1. The first-order valence-corrected chi connectivity index (χ1v) is 8.88. The Hall–Kier alpha value is -1.84. The summed E-state index contributed by atoms with van der Waals surface area (Å²) in [5.41, 5.74) is 7.93. The summed E-state index contributed by atoms with van der Waals surface area (Å²) in [5.74, 6) is -0.211. The molecule has 25 heavy (non-hydrogen) atoms. The van der Waals surface area contributed by atoms with Gasteiger partial charge in [-0.2, -0.15) is 0 Å². The van der Waals surface area contributed by atoms with Gasteiger partial charge in [-0.15, -0.1) is 12.4 Å². The van der Waals surface area contributed by atoms with E-state index in [1.54, 1.807) is 0 Å². The number of carbonyl (C=O) groups is 1. The lowest BCUT2D eigenvalue weighted by Crippen LogP contribution is -2.50. The molecule has 2 N–H and O–H groups in total. The van der Waals surface area contributed by atoms with Crippen molar-refractivity contribution in [1.82, 2.24) is 4.90 Å². The SMILES string of the molecule is Cl.NC(=O)CCCN1CCCCC1(c1ccccc1)c1ccccc1. The van der Waals surface area contributed by atoms with Crippen LogP contribution in [0.2, 0.25) is 0 Å². The highest BCUT2D eigenvalue weighted by atomic mass is 35.5. The van der Waals surface area contributed by atoms with Crippen LogP contribution in [0.15, 0.2) is 60.7 Å². The van der Waals surface area contributed by atoms with Gasteiger partial charge in [-0.25, -0.2) is 0 Å². The van der Waals surface area contributed by atoms with Crippen LogP contribution in [0.5, 0.6) is 0 Å². The van der Waals surface area contributed by atoms with Gasteiger partial charge in [0.15, 0.2) is 0 Å². The third-order valence-corrected chi connectivity index (χ3v) is 5.11. The molecule has 1 saturated heterocycles. The van der Waals surface area contributed by atoms with Crippen molar-refractivity contribution in [2.24, 2.45) is 5.73 Å². The van der Waals surface area contributed by atoms with Gasteiger partial charge in [0.25, 0.3) is 0 Å². The molecule has 0 atom stereocenters. The molecule has 3 rings (SSSR count). The summed E-state index contributed by atoms with van der Waals surface area (Å²) in [7, 11) is 0. The van der Waals surface area contributed by atoms with E-state index in [2.05, 4.69) is 65.6 Å². The fourth-order valence-corrected chi connectivity index (χ4v) is 4.03. The van der Waals surface area contributed by atoms with Crippen LogP contribution < -0.4 is 5.73 Å². The molecule has 0 aromatic heterocycles. The number of rotatable bonds is 6. The highest BCUT2D eigenvalue weighted by Crippen LogP contribution is 2.43. The zero-order valence-corrected chi connectivity index (χ0v) is 15.4. The van der Waals surface area contributed by atoms with Gasteiger partial charge in [0.05, 0.1) is 5.54 Å². The van der Waals surface area contributed by atoms with E-state index in [9.17, 15) is 4.79 Å². The van der Waals surface area contributed by atoms with Crippen molar-refractivity contribution in [3.63, 3.8) is 0 Å². The number of nitrogens with zero attached hydrogens (tertiary/aromatic N) is 1. The number of primary amides is 1. The first-order chi connectivity index (χ1) is 11.7. The first kappa shape index (κ1) is 19.5. The van der Waals surface area contributed by atoms with Gasteiger partial charge in [0, 0.05) is 6.42 Å². The van der Waals surface area contributed by atoms with Crippen molar-refractivity contribution in [3.8, 4) is 0 Å². The summed E-state index contributed by atoms with van der Waals surface area (Å²) >= 11 is 0. The Kier molecular flexibility index (Phi) is 7.03. The molecule has 1 amide bonds. The van der Waals surface area contributed by atoms with E-state index in [1.807, 2.05) is 0 Å². The zero-order chi connectivity index (χ0) is 16.8. The summed E-state index contributed by atoms with van der Waals surface area (Å²) in [6.07, 6.45) is 4.80. The molecule has 3 nitrogen and oxygen atoms in total. The predicted molar refractivity (Wildman–Crippen MR) is 105 cm³/mol. The van der Waals surface area contributed by atoms with Crippen molar-refractivity contribution in [2.45, 2.75) is 37.6 Å². The normalized spacial score (nSPS) is 16.8. The number of piperidine rings is 1. The Morgan fingerprint density at radius 1 is 0.960 bits per heavy atom.